The Morgan fingerprint density at radius 3 is 2.38 bits per heavy atom. The fraction of sp³-hybridized carbons (Fsp3) is 0.368. The third-order valence-electron chi connectivity index (χ3n) is 4.02. The molecule has 0 saturated carbocycles. The molecule has 24 heavy (non-hydrogen) atoms. The second-order valence-electron chi connectivity index (χ2n) is 6.22. The first-order chi connectivity index (χ1) is 11.4. The van der Waals surface area contributed by atoms with Gasteiger partial charge in [-0.15, -0.1) is 0 Å². The summed E-state index contributed by atoms with van der Waals surface area (Å²) in [4.78, 5) is 24.3. The number of ether oxygens (including phenoxy) is 2. The molecule has 2 aromatic rings. The van der Waals surface area contributed by atoms with Crippen molar-refractivity contribution in [2.75, 3.05) is 13.7 Å². The van der Waals surface area contributed by atoms with Gasteiger partial charge in [-0.1, -0.05) is 31.2 Å². The molecular formula is C19H23NO4. The van der Waals surface area contributed by atoms with Crippen molar-refractivity contribution >= 4 is 22.6 Å². The Kier molecular flexibility index (Phi) is 5.44. The predicted octanol–water partition coefficient (Wildman–Crippen LogP) is 3.31. The van der Waals surface area contributed by atoms with Crippen LogP contribution in [0.5, 0.6) is 5.75 Å². The van der Waals surface area contributed by atoms with Crippen LogP contribution in [0.1, 0.15) is 37.6 Å². The number of hydrogen-bond donors (Lipinski definition) is 1. The largest absolute Gasteiger partial charge is 0.496 e. The highest BCUT2D eigenvalue weighted by Gasteiger charge is 2.20. The molecule has 1 amide bonds. The lowest BCUT2D eigenvalue weighted by Gasteiger charge is -2.24. The van der Waals surface area contributed by atoms with Crippen molar-refractivity contribution in [3.05, 3.63) is 42.0 Å². The summed E-state index contributed by atoms with van der Waals surface area (Å²) in [6.07, 6.45) is 0.788. The van der Waals surface area contributed by atoms with Gasteiger partial charge in [0, 0.05) is 10.9 Å². The molecule has 0 aliphatic rings. The summed E-state index contributed by atoms with van der Waals surface area (Å²) in [5, 5.41) is 4.39. The topological polar surface area (TPSA) is 64.6 Å². The maximum absolute atomic E-state index is 12.4. The quantitative estimate of drug-likeness (QED) is 0.826. The van der Waals surface area contributed by atoms with Gasteiger partial charge in [0.1, 0.15) is 5.75 Å². The highest BCUT2D eigenvalue weighted by molar-refractivity contribution is 6.06. The number of rotatable bonds is 6. The van der Waals surface area contributed by atoms with Crippen LogP contribution in [0, 0.1) is 0 Å². The van der Waals surface area contributed by atoms with Crippen LogP contribution in [0.25, 0.3) is 10.8 Å². The normalized spacial score (nSPS) is 11.2. The van der Waals surface area contributed by atoms with Crippen LogP contribution in [-0.2, 0) is 9.53 Å². The number of carbonyl (C=O) groups is 2. The Labute approximate surface area is 141 Å². The van der Waals surface area contributed by atoms with E-state index < -0.39 is 5.97 Å². The third-order valence-corrected chi connectivity index (χ3v) is 4.02. The number of amides is 1. The van der Waals surface area contributed by atoms with Gasteiger partial charge >= 0.3 is 5.97 Å². The Morgan fingerprint density at radius 2 is 1.75 bits per heavy atom. The smallest absolute Gasteiger partial charge is 0.339 e. The fourth-order valence-electron chi connectivity index (χ4n) is 2.34. The Morgan fingerprint density at radius 1 is 1.08 bits per heavy atom. The molecule has 1 N–H and O–H groups in total. The van der Waals surface area contributed by atoms with Crippen molar-refractivity contribution in [2.45, 2.75) is 32.7 Å². The van der Waals surface area contributed by atoms with Gasteiger partial charge < -0.3 is 14.8 Å². The number of hydrogen-bond acceptors (Lipinski definition) is 4. The van der Waals surface area contributed by atoms with Crippen LogP contribution in [-0.4, -0.2) is 31.1 Å². The minimum atomic E-state index is -0.529. The molecule has 0 radical (unpaired) electrons. The molecule has 128 valence electrons. The standard InChI is InChI=1S/C19H23NO4/c1-5-19(2,3)20-17(21)12-24-18(22)15-10-11-16(23-4)14-9-7-6-8-13(14)15/h6-11H,5,12H2,1-4H3,(H,20,21). The van der Waals surface area contributed by atoms with E-state index in [1.807, 2.05) is 45.0 Å². The molecule has 0 aromatic heterocycles. The molecule has 0 saturated heterocycles. The highest BCUT2D eigenvalue weighted by Crippen LogP contribution is 2.28. The van der Waals surface area contributed by atoms with Crippen molar-refractivity contribution < 1.29 is 19.1 Å². The molecule has 0 fully saturated rings. The Hall–Kier alpha value is -2.56. The van der Waals surface area contributed by atoms with Crippen LogP contribution < -0.4 is 10.1 Å². The predicted molar refractivity (Wildman–Crippen MR) is 93.3 cm³/mol. The van der Waals surface area contributed by atoms with Gasteiger partial charge in [0.2, 0.25) is 0 Å². The number of esters is 1. The number of nitrogens with one attached hydrogen (secondary N) is 1. The Bertz CT molecular complexity index is 752. The molecule has 0 atom stereocenters. The number of benzene rings is 2. The molecule has 0 bridgehead atoms. The zero-order valence-corrected chi connectivity index (χ0v) is 14.5. The molecule has 0 heterocycles. The minimum absolute atomic E-state index is 0.303. The summed E-state index contributed by atoms with van der Waals surface area (Å²) in [5.41, 5.74) is 0.0880. The van der Waals surface area contributed by atoms with Gasteiger partial charge in [-0.2, -0.15) is 0 Å². The fourth-order valence-corrected chi connectivity index (χ4v) is 2.34. The maximum Gasteiger partial charge on any atom is 0.339 e. The van der Waals surface area contributed by atoms with E-state index in [4.69, 9.17) is 9.47 Å². The number of fused-ring (bicyclic) bond motifs is 1. The van der Waals surface area contributed by atoms with E-state index in [-0.39, 0.29) is 18.1 Å². The molecule has 0 aliphatic heterocycles. The van der Waals surface area contributed by atoms with Crippen molar-refractivity contribution in [1.29, 1.82) is 0 Å². The van der Waals surface area contributed by atoms with Gasteiger partial charge in [-0.3, -0.25) is 4.79 Å². The minimum Gasteiger partial charge on any atom is -0.496 e. The molecule has 2 rings (SSSR count). The van der Waals surface area contributed by atoms with Crippen molar-refractivity contribution in [2.24, 2.45) is 0 Å². The maximum atomic E-state index is 12.4. The summed E-state index contributed by atoms with van der Waals surface area (Å²) in [6.45, 7) is 5.52. The van der Waals surface area contributed by atoms with E-state index in [1.165, 1.54) is 0 Å². The summed E-state index contributed by atoms with van der Waals surface area (Å²) in [7, 11) is 1.58. The monoisotopic (exact) mass is 329 g/mol. The highest BCUT2D eigenvalue weighted by atomic mass is 16.5. The molecule has 5 heteroatoms. The van der Waals surface area contributed by atoms with Gasteiger partial charge in [0.05, 0.1) is 12.7 Å². The zero-order chi connectivity index (χ0) is 17.7. The zero-order valence-electron chi connectivity index (χ0n) is 14.5. The van der Waals surface area contributed by atoms with E-state index in [0.717, 1.165) is 17.2 Å². The van der Waals surface area contributed by atoms with Crippen molar-refractivity contribution in [1.82, 2.24) is 5.32 Å². The Balaban J connectivity index is 2.14. The van der Waals surface area contributed by atoms with Crippen LogP contribution >= 0.6 is 0 Å². The van der Waals surface area contributed by atoms with Crippen LogP contribution in [0.2, 0.25) is 0 Å². The average molecular weight is 329 g/mol. The van der Waals surface area contributed by atoms with Gasteiger partial charge in [0.25, 0.3) is 5.91 Å². The van der Waals surface area contributed by atoms with E-state index in [0.29, 0.717) is 11.3 Å². The molecular weight excluding hydrogens is 306 g/mol. The van der Waals surface area contributed by atoms with E-state index in [1.54, 1.807) is 19.2 Å². The first-order valence-corrected chi connectivity index (χ1v) is 7.92. The lowest BCUT2D eigenvalue weighted by Crippen LogP contribution is -2.44. The van der Waals surface area contributed by atoms with E-state index in [9.17, 15) is 9.59 Å². The molecule has 0 aliphatic carbocycles. The van der Waals surface area contributed by atoms with Crippen molar-refractivity contribution in [3.63, 3.8) is 0 Å². The van der Waals surface area contributed by atoms with Crippen LogP contribution in [0.3, 0.4) is 0 Å². The summed E-state index contributed by atoms with van der Waals surface area (Å²) >= 11 is 0. The first-order valence-electron chi connectivity index (χ1n) is 7.92. The lowest BCUT2D eigenvalue weighted by molar-refractivity contribution is -0.125. The van der Waals surface area contributed by atoms with Gasteiger partial charge in [-0.05, 0) is 37.8 Å². The molecule has 2 aromatic carbocycles. The van der Waals surface area contributed by atoms with Crippen LogP contribution in [0.15, 0.2) is 36.4 Å². The van der Waals surface area contributed by atoms with Gasteiger partial charge in [-0.25, -0.2) is 4.79 Å². The SMILES string of the molecule is CCC(C)(C)NC(=O)COC(=O)c1ccc(OC)c2ccccc12. The summed E-state index contributed by atoms with van der Waals surface area (Å²) < 4.78 is 10.5. The average Bonchev–Trinajstić information content (AvgIpc) is 2.58. The third kappa shape index (κ3) is 4.04. The second kappa shape index (κ2) is 7.34. The van der Waals surface area contributed by atoms with E-state index in [2.05, 4.69) is 5.32 Å². The number of carbonyl (C=O) groups excluding carboxylic acids is 2. The van der Waals surface area contributed by atoms with E-state index >= 15 is 0 Å². The number of methoxy groups -OCH3 is 1. The lowest BCUT2D eigenvalue weighted by atomic mass is 10.0. The van der Waals surface area contributed by atoms with Crippen LogP contribution in [0.4, 0.5) is 0 Å². The summed E-state index contributed by atoms with van der Waals surface area (Å²) in [6, 6.07) is 10.8. The molecule has 0 unspecified atom stereocenters. The second-order valence-corrected chi connectivity index (χ2v) is 6.22. The molecule has 0 spiro atoms. The van der Waals surface area contributed by atoms with Gasteiger partial charge in [0.15, 0.2) is 6.61 Å². The molecule has 5 nitrogen and oxygen atoms in total. The summed E-state index contributed by atoms with van der Waals surface area (Å²) in [5.74, 6) is -0.157. The van der Waals surface area contributed by atoms with Crippen molar-refractivity contribution in [3.8, 4) is 5.75 Å². The first kappa shape index (κ1) is 17.8.